The molecule has 1 aliphatic rings. The lowest BCUT2D eigenvalue weighted by Crippen LogP contribution is -2.40. The zero-order chi connectivity index (χ0) is 25.1. The number of carbonyl (C=O) groups is 1. The van der Waals surface area contributed by atoms with Gasteiger partial charge in [-0.05, 0) is 56.5 Å². The van der Waals surface area contributed by atoms with Gasteiger partial charge in [0.1, 0.15) is 11.9 Å². The second kappa shape index (κ2) is 10.8. The number of piperidine rings is 1. The number of hydrogen-bond donors (Lipinski definition) is 2. The molecule has 1 fully saturated rings. The predicted molar refractivity (Wildman–Crippen MR) is 134 cm³/mol. The Kier molecular flexibility index (Phi) is 7.78. The standard InChI is InChI=1S/C24H27Cl2FN6O2/c1-14(22-18(25)3-4-19(27)23(22)26)35-20-9-17(11-30-24(20)28)33-12-16(10-31-33)15-5-7-32(8-6-15)13-21(34)29-2/h3-4,9-12,14-15H,5-8,13H2,1-2H3,(H2,28,30)(H,29,34)/t14-/m1/s1. The summed E-state index contributed by atoms with van der Waals surface area (Å²) in [5.74, 6) is 0.303. The first-order valence-electron chi connectivity index (χ1n) is 11.3. The Bertz CT molecular complexity index is 1210. The van der Waals surface area contributed by atoms with Crippen LogP contribution in [0.1, 0.15) is 42.9 Å². The molecule has 3 N–H and O–H groups in total. The largest absolute Gasteiger partial charge is 0.482 e. The molecule has 4 rings (SSSR count). The molecule has 35 heavy (non-hydrogen) atoms. The Labute approximate surface area is 213 Å². The molecule has 0 saturated carbocycles. The number of rotatable bonds is 7. The van der Waals surface area contributed by atoms with Crippen LogP contribution < -0.4 is 15.8 Å². The van der Waals surface area contributed by atoms with Crippen LogP contribution in [0.25, 0.3) is 5.69 Å². The number of nitrogens with zero attached hydrogens (tertiary/aromatic N) is 4. The zero-order valence-corrected chi connectivity index (χ0v) is 21.0. The van der Waals surface area contributed by atoms with Gasteiger partial charge in [-0.3, -0.25) is 9.69 Å². The van der Waals surface area contributed by atoms with E-state index in [2.05, 4.69) is 20.3 Å². The third-order valence-corrected chi connectivity index (χ3v) is 6.94. The van der Waals surface area contributed by atoms with Crippen molar-refractivity contribution < 1.29 is 13.9 Å². The number of carbonyl (C=O) groups excluding carboxylic acids is 1. The van der Waals surface area contributed by atoms with Crippen LogP contribution in [0.3, 0.4) is 0 Å². The number of nitrogens with one attached hydrogen (secondary N) is 1. The van der Waals surface area contributed by atoms with E-state index >= 15 is 0 Å². The fourth-order valence-electron chi connectivity index (χ4n) is 4.22. The normalized spacial score (nSPS) is 15.7. The van der Waals surface area contributed by atoms with E-state index in [1.54, 1.807) is 30.9 Å². The van der Waals surface area contributed by atoms with Gasteiger partial charge in [-0.1, -0.05) is 23.2 Å². The van der Waals surface area contributed by atoms with Crippen LogP contribution in [0.15, 0.2) is 36.8 Å². The number of ether oxygens (including phenoxy) is 1. The Hall–Kier alpha value is -2.88. The molecule has 1 aromatic carbocycles. The monoisotopic (exact) mass is 520 g/mol. The number of likely N-dealkylation sites (N-methyl/N-ethyl adjacent to an activating group) is 1. The molecule has 1 atom stereocenters. The van der Waals surface area contributed by atoms with Crippen molar-refractivity contribution in [2.75, 3.05) is 32.4 Å². The van der Waals surface area contributed by atoms with Crippen LogP contribution in [-0.2, 0) is 4.79 Å². The third-order valence-electron chi connectivity index (χ3n) is 6.23. The highest BCUT2D eigenvalue weighted by Crippen LogP contribution is 2.36. The number of anilines is 1. The van der Waals surface area contributed by atoms with Crippen LogP contribution >= 0.6 is 23.2 Å². The highest BCUT2D eigenvalue weighted by atomic mass is 35.5. The fourth-order valence-corrected chi connectivity index (χ4v) is 4.90. The smallest absolute Gasteiger partial charge is 0.233 e. The summed E-state index contributed by atoms with van der Waals surface area (Å²) in [6.45, 7) is 3.84. The number of likely N-dealkylation sites (tertiary alicyclic amines) is 1. The van der Waals surface area contributed by atoms with Gasteiger partial charge in [0.25, 0.3) is 0 Å². The highest BCUT2D eigenvalue weighted by Gasteiger charge is 2.24. The van der Waals surface area contributed by atoms with Crippen molar-refractivity contribution in [3.05, 3.63) is 63.8 Å². The van der Waals surface area contributed by atoms with Gasteiger partial charge in [-0.25, -0.2) is 14.1 Å². The molecule has 0 radical (unpaired) electrons. The number of aromatic nitrogens is 3. The van der Waals surface area contributed by atoms with Crippen molar-refractivity contribution >= 4 is 34.9 Å². The molecule has 0 unspecified atom stereocenters. The number of hydrogen-bond acceptors (Lipinski definition) is 6. The van der Waals surface area contributed by atoms with Gasteiger partial charge in [-0.15, -0.1) is 0 Å². The Morgan fingerprint density at radius 1 is 1.31 bits per heavy atom. The first-order chi connectivity index (χ1) is 16.8. The second-order valence-corrected chi connectivity index (χ2v) is 9.32. The molecular formula is C24H27Cl2FN6O2. The number of halogens is 3. The van der Waals surface area contributed by atoms with Crippen molar-refractivity contribution in [1.29, 1.82) is 0 Å². The van der Waals surface area contributed by atoms with Crippen molar-refractivity contribution in [2.24, 2.45) is 0 Å². The summed E-state index contributed by atoms with van der Waals surface area (Å²) in [7, 11) is 1.65. The Morgan fingerprint density at radius 2 is 2.06 bits per heavy atom. The van der Waals surface area contributed by atoms with Gasteiger partial charge in [0.15, 0.2) is 11.6 Å². The number of nitrogens with two attached hydrogens (primary N) is 1. The molecule has 1 aliphatic heterocycles. The molecule has 8 nitrogen and oxygen atoms in total. The summed E-state index contributed by atoms with van der Waals surface area (Å²) in [5, 5.41) is 7.37. The summed E-state index contributed by atoms with van der Waals surface area (Å²) < 4.78 is 21.7. The molecule has 186 valence electrons. The summed E-state index contributed by atoms with van der Waals surface area (Å²) in [6, 6.07) is 4.37. The molecule has 2 aromatic heterocycles. The zero-order valence-electron chi connectivity index (χ0n) is 19.5. The van der Waals surface area contributed by atoms with Crippen molar-refractivity contribution in [3.63, 3.8) is 0 Å². The molecule has 1 saturated heterocycles. The highest BCUT2D eigenvalue weighted by molar-refractivity contribution is 6.36. The second-order valence-electron chi connectivity index (χ2n) is 8.54. The van der Waals surface area contributed by atoms with Crippen LogP contribution in [0.2, 0.25) is 10.0 Å². The fraction of sp³-hybridized carbons (Fsp3) is 0.375. The third kappa shape index (κ3) is 5.69. The van der Waals surface area contributed by atoms with Gasteiger partial charge >= 0.3 is 0 Å². The minimum absolute atomic E-state index is 0.0291. The quantitative estimate of drug-likeness (QED) is 0.449. The summed E-state index contributed by atoms with van der Waals surface area (Å²) in [5.41, 5.74) is 8.16. The predicted octanol–water partition coefficient (Wildman–Crippen LogP) is 4.36. The van der Waals surface area contributed by atoms with E-state index in [9.17, 15) is 9.18 Å². The molecule has 0 aliphatic carbocycles. The van der Waals surface area contributed by atoms with E-state index in [1.807, 2.05) is 12.4 Å². The van der Waals surface area contributed by atoms with Crippen LogP contribution in [0, 0.1) is 5.82 Å². The first-order valence-corrected chi connectivity index (χ1v) is 12.1. The minimum atomic E-state index is -0.668. The number of amides is 1. The Balaban J connectivity index is 1.47. The maximum atomic E-state index is 14.0. The topological polar surface area (TPSA) is 98.3 Å². The number of nitrogen functional groups attached to an aromatic ring is 1. The van der Waals surface area contributed by atoms with Gasteiger partial charge in [0, 0.05) is 29.9 Å². The lowest BCUT2D eigenvalue weighted by molar-refractivity contribution is -0.122. The van der Waals surface area contributed by atoms with Crippen molar-refractivity contribution in [1.82, 2.24) is 25.0 Å². The van der Waals surface area contributed by atoms with E-state index in [0.29, 0.717) is 34.5 Å². The van der Waals surface area contributed by atoms with E-state index in [-0.39, 0.29) is 16.7 Å². The maximum Gasteiger partial charge on any atom is 0.233 e. The van der Waals surface area contributed by atoms with Gasteiger partial charge in [0.2, 0.25) is 5.91 Å². The van der Waals surface area contributed by atoms with Crippen LogP contribution in [0.4, 0.5) is 10.2 Å². The van der Waals surface area contributed by atoms with E-state index in [1.165, 1.54) is 12.1 Å². The van der Waals surface area contributed by atoms with Gasteiger partial charge in [0.05, 0.1) is 29.6 Å². The van der Waals surface area contributed by atoms with E-state index < -0.39 is 11.9 Å². The van der Waals surface area contributed by atoms with Crippen LogP contribution in [0.5, 0.6) is 5.75 Å². The summed E-state index contributed by atoms with van der Waals surface area (Å²) in [6.07, 6.45) is 6.66. The summed E-state index contributed by atoms with van der Waals surface area (Å²) in [4.78, 5) is 18.0. The average molecular weight is 521 g/mol. The van der Waals surface area contributed by atoms with Gasteiger partial charge < -0.3 is 15.8 Å². The molecule has 3 aromatic rings. The van der Waals surface area contributed by atoms with E-state index in [0.717, 1.165) is 31.5 Å². The lowest BCUT2D eigenvalue weighted by Gasteiger charge is -2.30. The molecule has 3 heterocycles. The molecule has 0 spiro atoms. The average Bonchev–Trinajstić information content (AvgIpc) is 3.34. The molecule has 11 heteroatoms. The number of pyridine rings is 1. The van der Waals surface area contributed by atoms with Gasteiger partial charge in [-0.2, -0.15) is 5.10 Å². The molecule has 1 amide bonds. The van der Waals surface area contributed by atoms with Crippen molar-refractivity contribution in [3.8, 4) is 11.4 Å². The molecular weight excluding hydrogens is 494 g/mol. The molecule has 0 bridgehead atoms. The number of benzene rings is 1. The van der Waals surface area contributed by atoms with Crippen molar-refractivity contribution in [2.45, 2.75) is 31.8 Å². The minimum Gasteiger partial charge on any atom is -0.482 e. The van der Waals surface area contributed by atoms with Crippen LogP contribution in [-0.4, -0.2) is 52.3 Å². The maximum absolute atomic E-state index is 14.0. The lowest BCUT2D eigenvalue weighted by atomic mass is 9.91. The SMILES string of the molecule is CNC(=O)CN1CCC(c2cnn(-c3cnc(N)c(O[C@H](C)c4c(Cl)ccc(F)c4Cl)c3)c2)CC1. The first kappa shape index (κ1) is 25.2. The summed E-state index contributed by atoms with van der Waals surface area (Å²) >= 11 is 12.4. The Morgan fingerprint density at radius 3 is 2.77 bits per heavy atom. The van der Waals surface area contributed by atoms with E-state index in [4.69, 9.17) is 33.7 Å².